The number of aromatic nitrogens is 1. The molecule has 2 aliphatic rings. The fraction of sp³-hybridized carbons (Fsp3) is 0.211. The minimum atomic E-state index is -3.94. The third-order valence-electron chi connectivity index (χ3n) is 5.37. The van der Waals surface area contributed by atoms with Crippen LogP contribution in [0.15, 0.2) is 45.2 Å². The number of fused-ring (bicyclic) bond motifs is 2. The first-order chi connectivity index (χ1) is 12.2. The highest BCUT2D eigenvalue weighted by molar-refractivity contribution is 14.1. The quantitative estimate of drug-likeness (QED) is 0.296. The molecule has 1 aromatic heterocycles. The van der Waals surface area contributed by atoms with Gasteiger partial charge >= 0.3 is 6.97 Å². The molecular weight excluding hydrogens is 559 g/mol. The Morgan fingerprint density at radius 2 is 1.62 bits per heavy atom. The molecule has 3 heterocycles. The van der Waals surface area contributed by atoms with E-state index in [-0.39, 0.29) is 0 Å². The van der Waals surface area contributed by atoms with E-state index in [4.69, 9.17) is 0 Å². The van der Waals surface area contributed by atoms with Gasteiger partial charge in [0.2, 0.25) is 0 Å². The molecule has 0 saturated carbocycles. The summed E-state index contributed by atoms with van der Waals surface area (Å²) in [5, 5.41) is 0. The highest BCUT2D eigenvalue weighted by Gasteiger charge is 2.56. The van der Waals surface area contributed by atoms with E-state index in [0.717, 1.165) is 29.4 Å². The van der Waals surface area contributed by atoms with Gasteiger partial charge in [0.05, 0.1) is 9.15 Å². The lowest BCUT2D eigenvalue weighted by atomic mass is 9.84. The van der Waals surface area contributed by atoms with Gasteiger partial charge in [0.1, 0.15) is 5.71 Å². The van der Waals surface area contributed by atoms with E-state index >= 15 is 8.63 Å². The first-order valence-corrected chi connectivity index (χ1v) is 10.5. The third kappa shape index (κ3) is 2.22. The number of benzene rings is 1. The zero-order valence-electron chi connectivity index (χ0n) is 14.9. The summed E-state index contributed by atoms with van der Waals surface area (Å²) in [6, 6.07) is 9.88. The largest absolute Gasteiger partial charge is 0.737 e. The second kappa shape index (κ2) is 6.02. The number of allylic oxidation sites excluding steroid dienone is 2. The summed E-state index contributed by atoms with van der Waals surface area (Å²) in [5.74, 6) is 0. The Morgan fingerprint density at radius 3 is 2.23 bits per heavy atom. The molecule has 2 aliphatic heterocycles. The van der Waals surface area contributed by atoms with Crippen molar-refractivity contribution >= 4 is 63.4 Å². The molecule has 0 amide bonds. The van der Waals surface area contributed by atoms with Crippen molar-refractivity contribution in [2.75, 3.05) is 0 Å². The monoisotopic (exact) mass is 576 g/mol. The van der Waals surface area contributed by atoms with Crippen molar-refractivity contribution in [3.8, 4) is 0 Å². The minimum Gasteiger partial charge on any atom is -0.392 e. The smallest absolute Gasteiger partial charge is 0.392 e. The molecule has 26 heavy (non-hydrogen) atoms. The summed E-state index contributed by atoms with van der Waals surface area (Å²) >= 11 is 4.38. The standard InChI is InChI=1S/C19H17BF2I2N2/c1-10-16(23)12(3)25-18(10)15(14-8-6-5-7-9-14)19-11(2)17(24)13(4)26(19)20(25,21)22/h5-9H,1-4H3. The Labute approximate surface area is 179 Å². The molecule has 0 spiro atoms. The Hall–Kier alpha value is -0.965. The Morgan fingerprint density at radius 1 is 1.00 bits per heavy atom. The molecule has 0 fully saturated rings. The van der Waals surface area contributed by atoms with Crippen LogP contribution < -0.4 is 0 Å². The molecule has 2 aromatic rings. The minimum absolute atomic E-state index is 0.628. The van der Waals surface area contributed by atoms with Crippen LogP contribution in [-0.2, 0) is 0 Å². The van der Waals surface area contributed by atoms with Crippen molar-refractivity contribution in [2.45, 2.75) is 27.7 Å². The van der Waals surface area contributed by atoms with Crippen LogP contribution in [0.2, 0.25) is 0 Å². The average Bonchev–Trinajstić information content (AvgIpc) is 2.98. The molecule has 4 rings (SSSR count). The summed E-state index contributed by atoms with van der Waals surface area (Å²) in [6.45, 7) is 3.53. The Kier molecular flexibility index (Phi) is 4.26. The average molecular weight is 576 g/mol. The normalized spacial score (nSPS) is 18.6. The van der Waals surface area contributed by atoms with Crippen molar-refractivity contribution in [3.63, 3.8) is 0 Å². The number of hydrogen-bond acceptors (Lipinski definition) is 0. The fourth-order valence-electron chi connectivity index (χ4n) is 4.16. The van der Waals surface area contributed by atoms with Crippen molar-refractivity contribution in [1.29, 1.82) is 0 Å². The zero-order chi connectivity index (χ0) is 19.0. The third-order valence-corrected chi connectivity index (χ3v) is 8.55. The topological polar surface area (TPSA) is 7.94 Å². The van der Waals surface area contributed by atoms with Gasteiger partial charge in [-0.3, -0.25) is 0 Å². The molecule has 0 saturated heterocycles. The van der Waals surface area contributed by atoms with Crippen molar-refractivity contribution in [2.24, 2.45) is 0 Å². The molecular formula is C19H17BF2I2N2. The molecule has 7 heteroatoms. The molecule has 0 N–H and O–H groups in total. The van der Waals surface area contributed by atoms with Gasteiger partial charge in [0.25, 0.3) is 0 Å². The van der Waals surface area contributed by atoms with Gasteiger partial charge in [-0.1, -0.05) is 30.3 Å². The Balaban J connectivity index is 2.25. The first kappa shape index (κ1) is 18.4. The molecule has 0 bridgehead atoms. The predicted molar refractivity (Wildman–Crippen MR) is 120 cm³/mol. The highest BCUT2D eigenvalue weighted by Crippen LogP contribution is 2.47. The zero-order valence-corrected chi connectivity index (χ0v) is 19.2. The van der Waals surface area contributed by atoms with Crippen LogP contribution in [0.3, 0.4) is 0 Å². The van der Waals surface area contributed by atoms with Gasteiger partial charge < -0.3 is 17.6 Å². The maximum Gasteiger partial charge on any atom is 0.737 e. The first-order valence-electron chi connectivity index (χ1n) is 8.39. The summed E-state index contributed by atoms with van der Waals surface area (Å²) < 4.78 is 35.9. The molecule has 2 nitrogen and oxygen atoms in total. The van der Waals surface area contributed by atoms with Gasteiger partial charge in [-0.05, 0) is 82.8 Å². The van der Waals surface area contributed by atoms with Gasteiger partial charge in [-0.2, -0.15) is 0 Å². The van der Waals surface area contributed by atoms with E-state index in [2.05, 4.69) is 45.2 Å². The van der Waals surface area contributed by atoms with Crippen LogP contribution in [0, 0.1) is 17.4 Å². The lowest BCUT2D eigenvalue weighted by molar-refractivity contribution is -0.363. The van der Waals surface area contributed by atoms with E-state index < -0.39 is 6.97 Å². The summed E-state index contributed by atoms with van der Waals surface area (Å²) in [7, 11) is 0. The molecule has 0 radical (unpaired) electrons. The van der Waals surface area contributed by atoms with E-state index in [1.165, 1.54) is 8.96 Å². The van der Waals surface area contributed by atoms with Crippen molar-refractivity contribution in [1.82, 2.24) is 4.48 Å². The summed E-state index contributed by atoms with van der Waals surface area (Å²) in [6.07, 6.45) is 0. The van der Waals surface area contributed by atoms with Crippen LogP contribution in [-0.4, -0.2) is 21.6 Å². The second-order valence-electron chi connectivity index (χ2n) is 6.82. The maximum atomic E-state index is 15.8. The van der Waals surface area contributed by atoms with Crippen LogP contribution in [0.25, 0.3) is 5.57 Å². The fourth-order valence-corrected chi connectivity index (χ4v) is 5.19. The summed E-state index contributed by atoms with van der Waals surface area (Å²) in [5.41, 5.74) is 6.25. The van der Waals surface area contributed by atoms with Crippen molar-refractivity contribution < 1.29 is 13.1 Å². The Bertz CT molecular complexity index is 1060. The highest BCUT2D eigenvalue weighted by atomic mass is 127. The van der Waals surface area contributed by atoms with Gasteiger partial charge in [0.15, 0.2) is 5.70 Å². The lowest BCUT2D eigenvalue weighted by Gasteiger charge is -2.33. The lowest BCUT2D eigenvalue weighted by Crippen LogP contribution is -2.51. The predicted octanol–water partition coefficient (Wildman–Crippen LogP) is 5.90. The number of rotatable bonds is 1. The van der Waals surface area contributed by atoms with Crippen LogP contribution in [0.5, 0.6) is 0 Å². The van der Waals surface area contributed by atoms with E-state index in [1.807, 2.05) is 44.2 Å². The SMILES string of the molecule is CC1=C(I)C(C)=[N+]2C1=C(c1ccccc1)c1c(C)c(I)c(C)n1[B-]2(F)F. The summed E-state index contributed by atoms with van der Waals surface area (Å²) in [4.78, 5) is 0. The molecule has 134 valence electrons. The molecule has 0 aliphatic carbocycles. The van der Waals surface area contributed by atoms with Crippen LogP contribution in [0.1, 0.15) is 36.4 Å². The molecule has 0 atom stereocenters. The van der Waals surface area contributed by atoms with E-state index in [0.29, 0.717) is 22.8 Å². The molecule has 1 aromatic carbocycles. The van der Waals surface area contributed by atoms with Crippen molar-refractivity contribution in [3.05, 3.63) is 71.3 Å². The van der Waals surface area contributed by atoms with Gasteiger partial charge in [-0.25, -0.2) is 0 Å². The second-order valence-corrected chi connectivity index (χ2v) is 8.97. The van der Waals surface area contributed by atoms with Gasteiger partial charge in [0, 0.05) is 21.8 Å². The van der Waals surface area contributed by atoms with Crippen LogP contribution in [0.4, 0.5) is 8.63 Å². The number of nitrogens with zero attached hydrogens (tertiary/aromatic N) is 2. The van der Waals surface area contributed by atoms with E-state index in [1.54, 1.807) is 13.8 Å². The number of halogens is 4. The number of hydrogen-bond donors (Lipinski definition) is 0. The van der Waals surface area contributed by atoms with Gasteiger partial charge in [-0.15, -0.1) is 0 Å². The van der Waals surface area contributed by atoms with Crippen LogP contribution >= 0.6 is 45.2 Å². The maximum absolute atomic E-state index is 15.8. The molecule has 0 unspecified atom stereocenters. The van der Waals surface area contributed by atoms with E-state index in [9.17, 15) is 0 Å².